The van der Waals surface area contributed by atoms with E-state index < -0.39 is 0 Å². The molecule has 0 bridgehead atoms. The third-order valence-electron chi connectivity index (χ3n) is 4.99. The maximum atomic E-state index is 13.2. The number of nitrogens with zero attached hydrogens (tertiary/aromatic N) is 1. The molecule has 3 aromatic carbocycles. The number of carbonyl (C=O) groups excluding carboxylic acids is 1. The summed E-state index contributed by atoms with van der Waals surface area (Å²) in [5.74, 6) is 0.796. The highest BCUT2D eigenvalue weighted by Crippen LogP contribution is 2.24. The van der Waals surface area contributed by atoms with E-state index in [1.807, 2.05) is 98.5 Å². The van der Waals surface area contributed by atoms with E-state index in [9.17, 15) is 4.79 Å². The molecule has 0 saturated heterocycles. The van der Waals surface area contributed by atoms with Crippen molar-refractivity contribution in [1.82, 2.24) is 10.2 Å². The minimum Gasteiger partial charge on any atom is -0.489 e. The molecule has 0 heterocycles. The van der Waals surface area contributed by atoms with Crippen LogP contribution in [0.4, 0.5) is 4.79 Å². The van der Waals surface area contributed by atoms with Crippen molar-refractivity contribution in [3.8, 4) is 5.75 Å². The van der Waals surface area contributed by atoms with Crippen LogP contribution in [0.15, 0.2) is 84.9 Å². The number of urea groups is 1. The van der Waals surface area contributed by atoms with Crippen molar-refractivity contribution in [3.63, 3.8) is 0 Å². The van der Waals surface area contributed by atoms with Gasteiger partial charge in [-0.3, -0.25) is 0 Å². The lowest BCUT2D eigenvalue weighted by Crippen LogP contribution is -2.48. The van der Waals surface area contributed by atoms with Gasteiger partial charge >= 0.3 is 6.03 Å². The largest absolute Gasteiger partial charge is 0.489 e. The fourth-order valence-electron chi connectivity index (χ4n) is 3.36. The number of hydrogen-bond acceptors (Lipinski definition) is 2. The summed E-state index contributed by atoms with van der Waals surface area (Å²) < 4.78 is 5.98. The molecule has 0 unspecified atom stereocenters. The SMILES string of the molecule is C[C@H](c1ccccc1)N(Cc1cccc(OCc2ccccc2)c1)C(=O)NC(C)(C)C. The minimum atomic E-state index is -0.313. The molecule has 0 radical (unpaired) electrons. The van der Waals surface area contributed by atoms with E-state index in [0.29, 0.717) is 13.2 Å². The number of nitrogens with one attached hydrogen (secondary N) is 1. The van der Waals surface area contributed by atoms with Gasteiger partial charge in [-0.05, 0) is 56.5 Å². The highest BCUT2D eigenvalue weighted by atomic mass is 16.5. The van der Waals surface area contributed by atoms with Crippen LogP contribution in [0.1, 0.15) is 50.4 Å². The van der Waals surface area contributed by atoms with Crippen LogP contribution in [0.5, 0.6) is 5.75 Å². The van der Waals surface area contributed by atoms with Crippen molar-refractivity contribution in [2.75, 3.05) is 0 Å². The van der Waals surface area contributed by atoms with Crippen LogP contribution in [0, 0.1) is 0 Å². The van der Waals surface area contributed by atoms with Gasteiger partial charge in [-0.15, -0.1) is 0 Å². The second kappa shape index (κ2) is 10.2. The maximum absolute atomic E-state index is 13.2. The van der Waals surface area contributed by atoms with Crippen molar-refractivity contribution >= 4 is 6.03 Å². The van der Waals surface area contributed by atoms with E-state index in [1.165, 1.54) is 0 Å². The molecule has 0 aromatic heterocycles. The Morgan fingerprint density at radius 1 is 0.903 bits per heavy atom. The number of rotatable bonds is 7. The molecule has 2 amide bonds. The molecule has 4 heteroatoms. The third kappa shape index (κ3) is 6.88. The van der Waals surface area contributed by atoms with Crippen LogP contribution in [-0.2, 0) is 13.2 Å². The monoisotopic (exact) mass is 416 g/mol. The molecular formula is C27H32N2O2. The highest BCUT2D eigenvalue weighted by molar-refractivity contribution is 5.75. The zero-order valence-corrected chi connectivity index (χ0v) is 18.8. The van der Waals surface area contributed by atoms with Crippen molar-refractivity contribution in [2.24, 2.45) is 0 Å². The summed E-state index contributed by atoms with van der Waals surface area (Å²) in [7, 11) is 0. The summed E-state index contributed by atoms with van der Waals surface area (Å²) in [6, 6.07) is 28.0. The van der Waals surface area contributed by atoms with Gasteiger partial charge in [0.15, 0.2) is 0 Å². The van der Waals surface area contributed by atoms with Gasteiger partial charge in [-0.25, -0.2) is 4.79 Å². The molecule has 3 aromatic rings. The zero-order valence-electron chi connectivity index (χ0n) is 18.8. The van der Waals surface area contributed by atoms with Crippen molar-refractivity contribution in [2.45, 2.75) is 52.4 Å². The first-order valence-corrected chi connectivity index (χ1v) is 10.7. The summed E-state index contributed by atoms with van der Waals surface area (Å²) >= 11 is 0. The van der Waals surface area contributed by atoms with Crippen LogP contribution in [0.25, 0.3) is 0 Å². The number of carbonyl (C=O) groups is 1. The summed E-state index contributed by atoms with van der Waals surface area (Å²) in [6.07, 6.45) is 0. The Balaban J connectivity index is 1.77. The molecule has 0 saturated carbocycles. The molecule has 4 nitrogen and oxygen atoms in total. The fraction of sp³-hybridized carbons (Fsp3) is 0.296. The Kier molecular flexibility index (Phi) is 7.35. The Morgan fingerprint density at radius 3 is 2.16 bits per heavy atom. The van der Waals surface area contributed by atoms with E-state index in [4.69, 9.17) is 4.74 Å². The Hall–Kier alpha value is -3.27. The van der Waals surface area contributed by atoms with E-state index in [-0.39, 0.29) is 17.6 Å². The average Bonchev–Trinajstić information content (AvgIpc) is 2.76. The van der Waals surface area contributed by atoms with Crippen LogP contribution in [0.2, 0.25) is 0 Å². The predicted molar refractivity (Wildman–Crippen MR) is 126 cm³/mol. The number of hydrogen-bond donors (Lipinski definition) is 1. The molecule has 162 valence electrons. The first kappa shape index (κ1) is 22.4. The topological polar surface area (TPSA) is 41.6 Å². The van der Waals surface area contributed by atoms with Gasteiger partial charge in [-0.1, -0.05) is 72.8 Å². The van der Waals surface area contributed by atoms with Crippen molar-refractivity contribution in [1.29, 1.82) is 0 Å². The molecule has 0 aliphatic rings. The standard InChI is InChI=1S/C27H32N2O2/c1-21(24-15-9-6-10-16-24)29(26(30)28-27(2,3)4)19-23-14-11-17-25(18-23)31-20-22-12-7-5-8-13-22/h5-18,21H,19-20H2,1-4H3,(H,28,30)/t21-/m1/s1. The van der Waals surface area contributed by atoms with E-state index in [1.54, 1.807) is 0 Å². The van der Waals surface area contributed by atoms with Gasteiger partial charge in [-0.2, -0.15) is 0 Å². The van der Waals surface area contributed by atoms with Crippen molar-refractivity contribution < 1.29 is 9.53 Å². The summed E-state index contributed by atoms with van der Waals surface area (Å²) in [5.41, 5.74) is 2.93. The predicted octanol–water partition coefficient (Wildman–Crippen LogP) is 6.34. The molecule has 31 heavy (non-hydrogen) atoms. The van der Waals surface area contributed by atoms with Crippen LogP contribution in [0.3, 0.4) is 0 Å². The average molecular weight is 417 g/mol. The number of benzene rings is 3. The quantitative estimate of drug-likeness (QED) is 0.488. The lowest BCUT2D eigenvalue weighted by Gasteiger charge is -2.33. The van der Waals surface area contributed by atoms with Crippen LogP contribution in [-0.4, -0.2) is 16.5 Å². The Bertz CT molecular complexity index is 965. The third-order valence-corrected chi connectivity index (χ3v) is 4.99. The first-order chi connectivity index (χ1) is 14.8. The van der Waals surface area contributed by atoms with Gasteiger partial charge in [0.25, 0.3) is 0 Å². The molecule has 1 atom stereocenters. The minimum absolute atomic E-state index is 0.0718. The summed E-state index contributed by atoms with van der Waals surface area (Å²) in [5, 5.41) is 3.11. The molecule has 1 N–H and O–H groups in total. The van der Waals surface area contributed by atoms with Gasteiger partial charge in [0.1, 0.15) is 12.4 Å². The summed E-state index contributed by atoms with van der Waals surface area (Å²) in [6.45, 7) is 9.05. The second-order valence-corrected chi connectivity index (χ2v) is 8.82. The zero-order chi connectivity index (χ0) is 22.3. The smallest absolute Gasteiger partial charge is 0.318 e. The number of amides is 2. The molecule has 0 fully saturated rings. The maximum Gasteiger partial charge on any atom is 0.318 e. The van der Waals surface area contributed by atoms with Gasteiger partial charge < -0.3 is 15.0 Å². The molecule has 3 rings (SSSR count). The normalized spacial score (nSPS) is 12.1. The fourth-order valence-corrected chi connectivity index (χ4v) is 3.36. The molecule has 0 aliphatic heterocycles. The van der Waals surface area contributed by atoms with E-state index >= 15 is 0 Å². The van der Waals surface area contributed by atoms with E-state index in [2.05, 4.69) is 24.4 Å². The van der Waals surface area contributed by atoms with Gasteiger partial charge in [0.05, 0.1) is 6.04 Å². The molecule has 0 aliphatic carbocycles. The Morgan fingerprint density at radius 2 is 1.52 bits per heavy atom. The van der Waals surface area contributed by atoms with Crippen molar-refractivity contribution in [3.05, 3.63) is 102 Å². The number of ether oxygens (including phenoxy) is 1. The lowest BCUT2D eigenvalue weighted by atomic mass is 10.1. The molecule has 0 spiro atoms. The lowest BCUT2D eigenvalue weighted by molar-refractivity contribution is 0.166. The highest BCUT2D eigenvalue weighted by Gasteiger charge is 2.25. The second-order valence-electron chi connectivity index (χ2n) is 8.82. The van der Waals surface area contributed by atoms with Gasteiger partial charge in [0, 0.05) is 12.1 Å². The molecular weight excluding hydrogens is 384 g/mol. The van der Waals surface area contributed by atoms with Crippen LogP contribution >= 0.6 is 0 Å². The summed E-state index contributed by atoms with van der Waals surface area (Å²) in [4.78, 5) is 15.0. The van der Waals surface area contributed by atoms with Crippen LogP contribution < -0.4 is 10.1 Å². The first-order valence-electron chi connectivity index (χ1n) is 10.7. The Labute approximate surface area is 185 Å². The van der Waals surface area contributed by atoms with E-state index in [0.717, 1.165) is 22.4 Å². The van der Waals surface area contributed by atoms with Gasteiger partial charge in [0.2, 0.25) is 0 Å².